The van der Waals surface area contributed by atoms with E-state index in [2.05, 4.69) is 68.4 Å². The number of rotatable bonds is 9. The van der Waals surface area contributed by atoms with Crippen LogP contribution in [0.25, 0.3) is 0 Å². The lowest BCUT2D eigenvalue weighted by atomic mass is 10.3. The van der Waals surface area contributed by atoms with Crippen LogP contribution in [0.2, 0.25) is 0 Å². The molecule has 0 fully saturated rings. The minimum atomic E-state index is 0.221. The number of nitrogens with zero attached hydrogens (tertiary/aromatic N) is 6. The molecule has 0 radical (unpaired) electrons. The van der Waals surface area contributed by atoms with Gasteiger partial charge in [-0.15, -0.1) is 0 Å². The third-order valence-electron chi connectivity index (χ3n) is 4.25. The van der Waals surface area contributed by atoms with Gasteiger partial charge in [0.05, 0.1) is 11.4 Å². The number of hydrogen-bond acceptors (Lipinski definition) is 8. The number of anilines is 4. The first kappa shape index (κ1) is 21.2. The molecule has 0 bridgehead atoms. The van der Waals surface area contributed by atoms with Gasteiger partial charge in [0.2, 0.25) is 17.8 Å². The molecular formula is C22H28N8. The molecule has 2 N–H and O–H groups in total. The number of azo groups is 1. The summed E-state index contributed by atoms with van der Waals surface area (Å²) in [7, 11) is 0. The molecule has 0 aliphatic heterocycles. The first-order chi connectivity index (χ1) is 14.6. The number of benzene rings is 2. The van der Waals surface area contributed by atoms with Crippen molar-refractivity contribution in [3.8, 4) is 0 Å². The van der Waals surface area contributed by atoms with Crippen LogP contribution in [0.5, 0.6) is 0 Å². The van der Waals surface area contributed by atoms with Crippen LogP contribution in [-0.2, 0) is 0 Å². The van der Waals surface area contributed by atoms with E-state index in [1.54, 1.807) is 0 Å². The van der Waals surface area contributed by atoms with Gasteiger partial charge in [-0.25, -0.2) is 0 Å². The van der Waals surface area contributed by atoms with Gasteiger partial charge in [0, 0.05) is 24.8 Å². The molecule has 1 aromatic heterocycles. The Kier molecular flexibility index (Phi) is 7.26. The summed E-state index contributed by atoms with van der Waals surface area (Å²) in [5.74, 6) is 1.69. The Morgan fingerprint density at radius 1 is 0.800 bits per heavy atom. The molecule has 30 heavy (non-hydrogen) atoms. The monoisotopic (exact) mass is 404 g/mol. The summed E-state index contributed by atoms with van der Waals surface area (Å²) in [4.78, 5) is 15.7. The number of hydrogen-bond donors (Lipinski definition) is 2. The van der Waals surface area contributed by atoms with E-state index in [9.17, 15) is 0 Å². The van der Waals surface area contributed by atoms with Crippen molar-refractivity contribution in [2.75, 3.05) is 28.6 Å². The molecule has 0 amide bonds. The number of nitrogens with one attached hydrogen (secondary N) is 2. The fraction of sp³-hybridized carbons (Fsp3) is 0.318. The highest BCUT2D eigenvalue weighted by Crippen LogP contribution is 2.22. The first-order valence-corrected chi connectivity index (χ1v) is 10.2. The van der Waals surface area contributed by atoms with Gasteiger partial charge in [0.1, 0.15) is 0 Å². The van der Waals surface area contributed by atoms with E-state index in [0.29, 0.717) is 17.8 Å². The lowest BCUT2D eigenvalue weighted by Gasteiger charge is -2.20. The highest BCUT2D eigenvalue weighted by Gasteiger charge is 2.12. The van der Waals surface area contributed by atoms with Crippen LogP contribution in [0.3, 0.4) is 0 Å². The van der Waals surface area contributed by atoms with Crippen LogP contribution in [-0.4, -0.2) is 34.1 Å². The van der Waals surface area contributed by atoms with Gasteiger partial charge in [0.25, 0.3) is 0 Å². The largest absolute Gasteiger partial charge is 0.352 e. The zero-order valence-corrected chi connectivity index (χ0v) is 17.9. The van der Waals surface area contributed by atoms with Gasteiger partial charge in [-0.1, -0.05) is 18.2 Å². The minimum absolute atomic E-state index is 0.221. The fourth-order valence-electron chi connectivity index (χ4n) is 2.74. The van der Waals surface area contributed by atoms with Gasteiger partial charge in [-0.05, 0) is 64.1 Å². The lowest BCUT2D eigenvalue weighted by Crippen LogP contribution is -2.26. The molecule has 0 aliphatic carbocycles. The molecule has 8 heteroatoms. The summed E-state index contributed by atoms with van der Waals surface area (Å²) >= 11 is 0. The predicted molar refractivity (Wildman–Crippen MR) is 122 cm³/mol. The standard InChI is InChI=1S/C22H28N8/c1-5-30(6-2)22-26-20(23-16(3)4)25-21(27-22)24-17-12-14-19(15-13-17)29-28-18-10-8-7-9-11-18/h7-16H,5-6H2,1-4H3,(H2,23,24,25,26,27). The predicted octanol–water partition coefficient (Wildman–Crippen LogP) is 5.70. The van der Waals surface area contributed by atoms with Crippen LogP contribution in [0.1, 0.15) is 27.7 Å². The van der Waals surface area contributed by atoms with Crippen molar-refractivity contribution in [3.63, 3.8) is 0 Å². The van der Waals surface area contributed by atoms with E-state index in [0.717, 1.165) is 30.2 Å². The maximum absolute atomic E-state index is 4.59. The third kappa shape index (κ3) is 5.97. The summed E-state index contributed by atoms with van der Waals surface area (Å²) < 4.78 is 0. The molecule has 0 atom stereocenters. The molecule has 1 heterocycles. The van der Waals surface area contributed by atoms with Gasteiger partial charge in [0.15, 0.2) is 0 Å². The van der Waals surface area contributed by atoms with Crippen LogP contribution < -0.4 is 15.5 Å². The van der Waals surface area contributed by atoms with E-state index in [-0.39, 0.29) is 6.04 Å². The molecule has 0 aliphatic rings. The first-order valence-electron chi connectivity index (χ1n) is 10.2. The number of aromatic nitrogens is 3. The Morgan fingerprint density at radius 3 is 2.00 bits per heavy atom. The van der Waals surface area contributed by atoms with Crippen molar-refractivity contribution in [1.29, 1.82) is 0 Å². The Bertz CT molecular complexity index is 951. The van der Waals surface area contributed by atoms with Crippen LogP contribution in [0, 0.1) is 0 Å². The van der Waals surface area contributed by atoms with E-state index >= 15 is 0 Å². The second kappa shape index (κ2) is 10.3. The van der Waals surface area contributed by atoms with E-state index in [1.165, 1.54) is 0 Å². The SMILES string of the molecule is CCN(CC)c1nc(Nc2ccc(N=Nc3ccccc3)cc2)nc(NC(C)C)n1. The summed E-state index contributed by atoms with van der Waals surface area (Å²) in [6.07, 6.45) is 0. The van der Waals surface area contributed by atoms with Gasteiger partial charge < -0.3 is 15.5 Å². The Morgan fingerprint density at radius 2 is 1.40 bits per heavy atom. The molecule has 0 saturated carbocycles. The summed E-state index contributed by atoms with van der Waals surface area (Å²) in [5.41, 5.74) is 2.45. The van der Waals surface area contributed by atoms with Crippen molar-refractivity contribution in [1.82, 2.24) is 15.0 Å². The zero-order chi connectivity index (χ0) is 21.3. The van der Waals surface area contributed by atoms with Gasteiger partial charge in [-0.2, -0.15) is 25.2 Å². The summed E-state index contributed by atoms with van der Waals surface area (Å²) in [6.45, 7) is 9.91. The molecule has 3 aromatic rings. The van der Waals surface area contributed by atoms with E-state index in [4.69, 9.17) is 0 Å². The van der Waals surface area contributed by atoms with Crippen LogP contribution in [0.15, 0.2) is 64.8 Å². The highest BCUT2D eigenvalue weighted by atomic mass is 15.3. The van der Waals surface area contributed by atoms with Gasteiger partial charge >= 0.3 is 0 Å². The normalized spacial score (nSPS) is 11.1. The molecule has 2 aromatic carbocycles. The van der Waals surface area contributed by atoms with Crippen molar-refractivity contribution < 1.29 is 0 Å². The molecule has 0 unspecified atom stereocenters. The maximum atomic E-state index is 4.59. The average molecular weight is 405 g/mol. The van der Waals surface area contributed by atoms with E-state index in [1.807, 2.05) is 54.6 Å². The third-order valence-corrected chi connectivity index (χ3v) is 4.25. The molecule has 3 rings (SSSR count). The topological polar surface area (TPSA) is 90.7 Å². The van der Waals surface area contributed by atoms with Crippen molar-refractivity contribution >= 4 is 34.9 Å². The Balaban J connectivity index is 1.77. The fourth-order valence-corrected chi connectivity index (χ4v) is 2.74. The molecule has 0 spiro atoms. The maximum Gasteiger partial charge on any atom is 0.233 e. The zero-order valence-electron chi connectivity index (χ0n) is 17.9. The Labute approximate surface area is 177 Å². The quantitative estimate of drug-likeness (QED) is 0.445. The van der Waals surface area contributed by atoms with Crippen molar-refractivity contribution in [2.45, 2.75) is 33.7 Å². The summed E-state index contributed by atoms with van der Waals surface area (Å²) in [6, 6.07) is 17.5. The van der Waals surface area contributed by atoms with Crippen LogP contribution >= 0.6 is 0 Å². The molecule has 156 valence electrons. The molecular weight excluding hydrogens is 376 g/mol. The van der Waals surface area contributed by atoms with Crippen LogP contribution in [0.4, 0.5) is 34.9 Å². The average Bonchev–Trinajstić information content (AvgIpc) is 2.74. The smallest absolute Gasteiger partial charge is 0.233 e. The second-order valence-electron chi connectivity index (χ2n) is 6.96. The lowest BCUT2D eigenvalue weighted by molar-refractivity contribution is 0.804. The minimum Gasteiger partial charge on any atom is -0.352 e. The Hall–Kier alpha value is -3.55. The van der Waals surface area contributed by atoms with Crippen molar-refractivity contribution in [2.24, 2.45) is 10.2 Å². The van der Waals surface area contributed by atoms with Crippen molar-refractivity contribution in [3.05, 3.63) is 54.6 Å². The van der Waals surface area contributed by atoms with E-state index < -0.39 is 0 Å². The summed E-state index contributed by atoms with van der Waals surface area (Å²) in [5, 5.41) is 15.0. The highest BCUT2D eigenvalue weighted by molar-refractivity contribution is 5.58. The van der Waals surface area contributed by atoms with Gasteiger partial charge in [-0.3, -0.25) is 0 Å². The second-order valence-corrected chi connectivity index (χ2v) is 6.96. The molecule has 0 saturated heterocycles. The molecule has 8 nitrogen and oxygen atoms in total.